The largest absolute Gasteiger partial charge is 0.494 e. The van der Waals surface area contributed by atoms with Crippen molar-refractivity contribution in [2.45, 2.75) is 52.2 Å². The molecule has 0 aliphatic carbocycles. The van der Waals surface area contributed by atoms with Crippen LogP contribution in [-0.4, -0.2) is 30.7 Å². The first kappa shape index (κ1) is 18.4. The normalized spacial score (nSPS) is 19.9. The molecule has 0 radical (unpaired) electrons. The van der Waals surface area contributed by atoms with E-state index in [2.05, 4.69) is 53.3 Å². The van der Waals surface area contributed by atoms with E-state index in [1.54, 1.807) is 0 Å². The molecule has 126 valence electrons. The molecule has 5 heteroatoms. The minimum atomic E-state index is -0.363. The highest BCUT2D eigenvalue weighted by atomic mass is 32.1. The molecule has 1 fully saturated rings. The van der Waals surface area contributed by atoms with Gasteiger partial charge in [0.1, 0.15) is 5.75 Å². The Bertz CT molecular complexity index is 553. The summed E-state index contributed by atoms with van der Waals surface area (Å²) in [5.41, 5.74) is 1.40. The zero-order chi connectivity index (χ0) is 17.1. The Morgan fingerprint density at radius 3 is 2.43 bits per heavy atom. The second kappa shape index (κ2) is 7.33. The topological polar surface area (TPSA) is 27.7 Å². The Morgan fingerprint density at radius 1 is 1.22 bits per heavy atom. The van der Waals surface area contributed by atoms with E-state index in [0.717, 1.165) is 29.8 Å². The van der Waals surface area contributed by atoms with Crippen molar-refractivity contribution in [1.29, 1.82) is 0 Å². The first-order valence-corrected chi connectivity index (χ1v) is 8.82. The summed E-state index contributed by atoms with van der Waals surface area (Å²) in [4.78, 5) is 0. The Kier molecular flexibility index (Phi) is 5.87. The molecule has 2 rings (SSSR count). The van der Waals surface area contributed by atoms with Crippen molar-refractivity contribution in [3.05, 3.63) is 35.3 Å². The maximum absolute atomic E-state index is 6.11. The maximum atomic E-state index is 6.11. The predicted molar refractivity (Wildman–Crippen MR) is 100 cm³/mol. The van der Waals surface area contributed by atoms with E-state index in [4.69, 9.17) is 14.0 Å². The summed E-state index contributed by atoms with van der Waals surface area (Å²) >= 11 is 4.46. The molecule has 0 bridgehead atoms. The van der Waals surface area contributed by atoms with Crippen molar-refractivity contribution < 1.29 is 14.0 Å². The van der Waals surface area contributed by atoms with Crippen molar-refractivity contribution in [3.8, 4) is 5.75 Å². The Hall–Kier alpha value is -0.905. The molecule has 0 amide bonds. The van der Waals surface area contributed by atoms with E-state index >= 15 is 0 Å². The van der Waals surface area contributed by atoms with Gasteiger partial charge in [0.05, 0.1) is 17.8 Å². The lowest BCUT2D eigenvalue weighted by atomic mass is 9.78. The Morgan fingerprint density at radius 2 is 1.87 bits per heavy atom. The highest BCUT2D eigenvalue weighted by molar-refractivity contribution is 7.80. The van der Waals surface area contributed by atoms with Crippen molar-refractivity contribution >= 4 is 25.8 Å². The zero-order valence-electron chi connectivity index (χ0n) is 14.8. The number of ether oxygens (including phenoxy) is 1. The standard InChI is InChI=1S/C18H27BO3S/c1-6-10-20-16-9-7-8-14(12-16)11-15(13-23)19-21-17(2,3)18(4,5)22-19/h7-9,11-12,23H,6,10,13H2,1-5H3. The second-order valence-corrected chi connectivity index (χ2v) is 7.20. The molecule has 1 aromatic rings. The molecule has 1 aliphatic heterocycles. The van der Waals surface area contributed by atoms with Crippen LogP contribution >= 0.6 is 12.6 Å². The highest BCUT2D eigenvalue weighted by Gasteiger charge is 2.52. The van der Waals surface area contributed by atoms with Crippen LogP contribution in [0.25, 0.3) is 6.08 Å². The maximum Gasteiger partial charge on any atom is 0.491 e. The van der Waals surface area contributed by atoms with Crippen molar-refractivity contribution in [2.24, 2.45) is 0 Å². The molecule has 1 heterocycles. The van der Waals surface area contributed by atoms with Gasteiger partial charge in [-0.2, -0.15) is 12.6 Å². The highest BCUT2D eigenvalue weighted by Crippen LogP contribution is 2.39. The summed E-state index contributed by atoms with van der Waals surface area (Å²) < 4.78 is 17.9. The van der Waals surface area contributed by atoms with Crippen LogP contribution in [0.5, 0.6) is 5.75 Å². The second-order valence-electron chi connectivity index (χ2n) is 6.89. The molecule has 1 aromatic carbocycles. The molecule has 0 saturated carbocycles. The van der Waals surface area contributed by atoms with Crippen LogP contribution in [0.15, 0.2) is 29.7 Å². The lowest BCUT2D eigenvalue weighted by Gasteiger charge is -2.32. The summed E-state index contributed by atoms with van der Waals surface area (Å²) in [7, 11) is -0.363. The molecule has 0 N–H and O–H groups in total. The SMILES string of the molecule is CCCOc1cccc(C=C(CS)B2OC(C)(C)C(C)(C)O2)c1. The summed E-state index contributed by atoms with van der Waals surface area (Å²) in [6.45, 7) is 11.1. The molecule has 0 unspecified atom stereocenters. The predicted octanol–water partition coefficient (Wildman–Crippen LogP) is 4.42. The van der Waals surface area contributed by atoms with Gasteiger partial charge in [0.15, 0.2) is 0 Å². The number of thiol groups is 1. The third-order valence-corrected chi connectivity index (χ3v) is 4.79. The summed E-state index contributed by atoms with van der Waals surface area (Å²) in [5, 5.41) is 0. The molecular weight excluding hydrogens is 307 g/mol. The third kappa shape index (κ3) is 4.34. The molecular formula is C18H27BO3S. The van der Waals surface area contributed by atoms with E-state index in [-0.39, 0.29) is 18.3 Å². The fraction of sp³-hybridized carbons (Fsp3) is 0.556. The molecule has 0 atom stereocenters. The van der Waals surface area contributed by atoms with Gasteiger partial charge in [0.25, 0.3) is 0 Å². The van der Waals surface area contributed by atoms with Crippen LogP contribution in [0.3, 0.4) is 0 Å². The van der Waals surface area contributed by atoms with Crippen LogP contribution in [0.1, 0.15) is 46.6 Å². The molecule has 1 saturated heterocycles. The van der Waals surface area contributed by atoms with Gasteiger partial charge in [-0.1, -0.05) is 25.1 Å². The third-order valence-electron chi connectivity index (χ3n) is 4.42. The van der Waals surface area contributed by atoms with Crippen molar-refractivity contribution in [1.82, 2.24) is 0 Å². The zero-order valence-corrected chi connectivity index (χ0v) is 15.7. The van der Waals surface area contributed by atoms with E-state index < -0.39 is 0 Å². The molecule has 23 heavy (non-hydrogen) atoms. The monoisotopic (exact) mass is 334 g/mol. The van der Waals surface area contributed by atoms with E-state index in [1.165, 1.54) is 0 Å². The summed E-state index contributed by atoms with van der Waals surface area (Å²) in [6, 6.07) is 8.05. The number of hydrogen-bond acceptors (Lipinski definition) is 4. The van der Waals surface area contributed by atoms with Crippen molar-refractivity contribution in [3.63, 3.8) is 0 Å². The molecule has 3 nitrogen and oxygen atoms in total. The van der Waals surface area contributed by atoms with Crippen LogP contribution in [0.2, 0.25) is 0 Å². The van der Waals surface area contributed by atoms with Crippen LogP contribution < -0.4 is 4.74 Å². The first-order chi connectivity index (χ1) is 10.8. The van der Waals surface area contributed by atoms with Crippen LogP contribution in [0, 0.1) is 0 Å². The van der Waals surface area contributed by atoms with Gasteiger partial charge in [-0.15, -0.1) is 0 Å². The van der Waals surface area contributed by atoms with Gasteiger partial charge >= 0.3 is 7.12 Å². The van der Waals surface area contributed by atoms with Gasteiger partial charge in [-0.25, -0.2) is 0 Å². The summed E-state index contributed by atoms with van der Waals surface area (Å²) in [6.07, 6.45) is 3.07. The average Bonchev–Trinajstić information content (AvgIpc) is 2.71. The number of hydrogen-bond donors (Lipinski definition) is 1. The van der Waals surface area contributed by atoms with Gasteiger partial charge < -0.3 is 14.0 Å². The minimum absolute atomic E-state index is 0.341. The molecule has 1 aliphatic rings. The molecule has 0 aromatic heterocycles. The van der Waals surface area contributed by atoms with E-state index in [9.17, 15) is 0 Å². The quantitative estimate of drug-likeness (QED) is 0.616. The van der Waals surface area contributed by atoms with E-state index in [0.29, 0.717) is 5.75 Å². The number of rotatable bonds is 6. The smallest absolute Gasteiger partial charge is 0.491 e. The van der Waals surface area contributed by atoms with Gasteiger partial charge in [-0.3, -0.25) is 0 Å². The van der Waals surface area contributed by atoms with Crippen molar-refractivity contribution in [2.75, 3.05) is 12.4 Å². The fourth-order valence-corrected chi connectivity index (χ4v) is 2.55. The fourth-order valence-electron chi connectivity index (χ4n) is 2.31. The lowest BCUT2D eigenvalue weighted by molar-refractivity contribution is 0.00578. The first-order valence-electron chi connectivity index (χ1n) is 8.19. The Labute approximate surface area is 146 Å². The van der Waals surface area contributed by atoms with Gasteiger partial charge in [0, 0.05) is 5.75 Å². The molecule has 0 spiro atoms. The Balaban J connectivity index is 2.20. The lowest BCUT2D eigenvalue weighted by Crippen LogP contribution is -2.41. The van der Waals surface area contributed by atoms with E-state index in [1.807, 2.05) is 24.3 Å². The summed E-state index contributed by atoms with van der Waals surface area (Å²) in [5.74, 6) is 1.46. The van der Waals surface area contributed by atoms with Crippen LogP contribution in [-0.2, 0) is 9.31 Å². The van der Waals surface area contributed by atoms with Gasteiger partial charge in [0.2, 0.25) is 0 Å². The number of benzene rings is 1. The van der Waals surface area contributed by atoms with Crippen LogP contribution in [0.4, 0.5) is 0 Å². The average molecular weight is 334 g/mol. The minimum Gasteiger partial charge on any atom is -0.494 e. The van der Waals surface area contributed by atoms with Gasteiger partial charge in [-0.05, 0) is 57.3 Å².